The van der Waals surface area contributed by atoms with Gasteiger partial charge in [-0.05, 0) is 75.6 Å². The average Bonchev–Trinajstić information content (AvgIpc) is 2.99. The number of carbonyl (C=O) groups is 4. The van der Waals surface area contributed by atoms with Crippen LogP contribution in [0.2, 0.25) is 0 Å². The minimum atomic E-state index is -1.17. The van der Waals surface area contributed by atoms with Crippen molar-refractivity contribution in [2.75, 3.05) is 19.0 Å². The van der Waals surface area contributed by atoms with Gasteiger partial charge in [-0.2, -0.15) is 0 Å². The van der Waals surface area contributed by atoms with Gasteiger partial charge in [-0.15, -0.1) is 6.42 Å². The second-order valence-electron chi connectivity index (χ2n) is 11.9. The zero-order valence-electron chi connectivity index (χ0n) is 27.2. The zero-order chi connectivity index (χ0) is 33.4. The summed E-state index contributed by atoms with van der Waals surface area (Å²) in [6.45, 7) is 7.48. The van der Waals surface area contributed by atoms with Crippen molar-refractivity contribution in [2.45, 2.75) is 96.7 Å². The van der Waals surface area contributed by atoms with Crippen molar-refractivity contribution >= 4 is 29.5 Å². The van der Waals surface area contributed by atoms with E-state index in [-0.39, 0.29) is 19.4 Å². The Morgan fingerprint density at radius 2 is 1.58 bits per heavy atom. The molecule has 0 bridgehead atoms. The van der Waals surface area contributed by atoms with Crippen LogP contribution in [-0.2, 0) is 19.1 Å². The van der Waals surface area contributed by atoms with Gasteiger partial charge in [0.05, 0.1) is 7.11 Å². The number of hydrogen-bond donors (Lipinski definition) is 3. The Labute approximate surface area is 267 Å². The number of amides is 4. The minimum Gasteiger partial charge on any atom is -0.497 e. The number of alkyl carbamates (subject to hydrolysis) is 1. The van der Waals surface area contributed by atoms with Crippen molar-refractivity contribution in [3.05, 3.63) is 59.7 Å². The molecule has 0 saturated carbocycles. The van der Waals surface area contributed by atoms with Crippen molar-refractivity contribution in [3.8, 4) is 18.1 Å². The molecule has 0 radical (unpaired) electrons. The van der Waals surface area contributed by atoms with Gasteiger partial charge in [-0.3, -0.25) is 14.4 Å². The van der Waals surface area contributed by atoms with Crippen LogP contribution >= 0.6 is 0 Å². The van der Waals surface area contributed by atoms with Crippen LogP contribution in [-0.4, -0.2) is 54.0 Å². The molecule has 2 unspecified atom stereocenters. The number of rotatable bonds is 17. The molecule has 10 nitrogen and oxygen atoms in total. The van der Waals surface area contributed by atoms with Gasteiger partial charge in [0.1, 0.15) is 23.4 Å². The van der Waals surface area contributed by atoms with E-state index in [0.717, 1.165) is 32.1 Å². The molecule has 2 aromatic carbocycles. The quantitative estimate of drug-likeness (QED) is 0.153. The van der Waals surface area contributed by atoms with Crippen LogP contribution in [0.25, 0.3) is 0 Å². The summed E-state index contributed by atoms with van der Waals surface area (Å²) < 4.78 is 10.6. The summed E-state index contributed by atoms with van der Waals surface area (Å²) in [6, 6.07) is 11.4. The van der Waals surface area contributed by atoms with Crippen molar-refractivity contribution in [3.63, 3.8) is 0 Å². The maximum absolute atomic E-state index is 14.4. The number of benzene rings is 2. The smallest absolute Gasteiger partial charge is 0.408 e. The van der Waals surface area contributed by atoms with Crippen LogP contribution in [0.1, 0.15) is 96.2 Å². The summed E-state index contributed by atoms with van der Waals surface area (Å²) in [5, 5.41) is 5.54. The first-order valence-corrected chi connectivity index (χ1v) is 15.5. The summed E-state index contributed by atoms with van der Waals surface area (Å²) in [4.78, 5) is 54.5. The Balaban J connectivity index is 2.54. The van der Waals surface area contributed by atoms with E-state index >= 15 is 0 Å². The number of nitrogens with two attached hydrogens (primary N) is 1. The monoisotopic (exact) mass is 620 g/mol. The van der Waals surface area contributed by atoms with Crippen LogP contribution in [0.3, 0.4) is 0 Å². The number of carbonyl (C=O) groups excluding carboxylic acids is 4. The third kappa shape index (κ3) is 12.9. The molecule has 2 aromatic rings. The molecule has 10 heteroatoms. The lowest BCUT2D eigenvalue weighted by atomic mass is 9.99. The molecular formula is C35H48N4O6. The van der Waals surface area contributed by atoms with E-state index in [2.05, 4.69) is 23.5 Å². The van der Waals surface area contributed by atoms with Crippen molar-refractivity contribution in [1.82, 2.24) is 10.2 Å². The first-order valence-electron chi connectivity index (χ1n) is 15.5. The highest BCUT2D eigenvalue weighted by atomic mass is 16.6. The fraction of sp³-hybridized carbons (Fsp3) is 0.486. The highest BCUT2D eigenvalue weighted by Gasteiger charge is 2.36. The maximum atomic E-state index is 14.4. The first kappa shape index (κ1) is 36.7. The third-order valence-corrected chi connectivity index (χ3v) is 7.01. The standard InChI is InChI=1S/C35H48N4O6/c1-7-9-10-11-12-13-24-39(33(42)29(22-23-30(36)40)38-34(43)45-35(3,4)5)31(26-16-14-25(8-2)15-17-26)32(41)37-27-18-20-28(44-6)21-19-27/h2,14-21,29,31H,7,9-13,22-24H2,1,3-6H3,(H2,36,40)(H,37,41)(H,38,43). The fourth-order valence-corrected chi connectivity index (χ4v) is 4.74. The van der Waals surface area contributed by atoms with Crippen LogP contribution < -0.4 is 21.1 Å². The average molecular weight is 621 g/mol. The molecule has 0 saturated heterocycles. The van der Waals surface area contributed by atoms with Gasteiger partial charge in [0.2, 0.25) is 11.8 Å². The molecule has 0 heterocycles. The normalized spacial score (nSPS) is 12.3. The molecule has 45 heavy (non-hydrogen) atoms. The molecular weight excluding hydrogens is 572 g/mol. The number of anilines is 1. The number of nitrogens with one attached hydrogen (secondary N) is 2. The van der Waals surface area contributed by atoms with Gasteiger partial charge in [0.15, 0.2) is 0 Å². The number of hydrogen-bond acceptors (Lipinski definition) is 6. The van der Waals surface area contributed by atoms with E-state index in [1.54, 1.807) is 76.4 Å². The van der Waals surface area contributed by atoms with E-state index < -0.39 is 41.5 Å². The first-order chi connectivity index (χ1) is 21.4. The van der Waals surface area contributed by atoms with Crippen molar-refractivity contribution in [1.29, 1.82) is 0 Å². The SMILES string of the molecule is C#Cc1ccc(C(C(=O)Nc2ccc(OC)cc2)N(CCCCCCCC)C(=O)C(CCC(N)=O)NC(=O)OC(C)(C)C)cc1. The van der Waals surface area contributed by atoms with E-state index in [4.69, 9.17) is 21.6 Å². The van der Waals surface area contributed by atoms with Gasteiger partial charge < -0.3 is 30.7 Å². The van der Waals surface area contributed by atoms with Gasteiger partial charge in [0, 0.05) is 24.2 Å². The number of unbranched alkanes of at least 4 members (excludes halogenated alkanes) is 5. The van der Waals surface area contributed by atoms with E-state index in [0.29, 0.717) is 29.0 Å². The summed E-state index contributed by atoms with van der Waals surface area (Å²) in [5.74, 6) is 1.58. The largest absolute Gasteiger partial charge is 0.497 e. The molecule has 2 atom stereocenters. The summed E-state index contributed by atoms with van der Waals surface area (Å²) in [7, 11) is 1.55. The molecule has 4 amide bonds. The Hall–Kier alpha value is -4.52. The highest BCUT2D eigenvalue weighted by Crippen LogP contribution is 2.27. The second-order valence-corrected chi connectivity index (χ2v) is 11.9. The predicted molar refractivity (Wildman–Crippen MR) is 175 cm³/mol. The van der Waals surface area contributed by atoms with Gasteiger partial charge in [-0.1, -0.05) is 57.1 Å². The predicted octanol–water partition coefficient (Wildman–Crippen LogP) is 5.70. The molecule has 0 aliphatic rings. The number of methoxy groups -OCH3 is 1. The van der Waals surface area contributed by atoms with Crippen LogP contribution in [0.4, 0.5) is 10.5 Å². The lowest BCUT2D eigenvalue weighted by Gasteiger charge is -2.34. The lowest BCUT2D eigenvalue weighted by molar-refractivity contribution is -0.141. The Kier molecular flexibility index (Phi) is 14.9. The molecule has 244 valence electrons. The van der Waals surface area contributed by atoms with Crippen molar-refractivity contribution in [2.24, 2.45) is 5.73 Å². The zero-order valence-corrected chi connectivity index (χ0v) is 27.2. The summed E-state index contributed by atoms with van der Waals surface area (Å²) >= 11 is 0. The second kappa shape index (κ2) is 18.3. The van der Waals surface area contributed by atoms with Gasteiger partial charge >= 0.3 is 6.09 Å². The molecule has 0 spiro atoms. The van der Waals surface area contributed by atoms with Crippen molar-refractivity contribution < 1.29 is 28.7 Å². The van der Waals surface area contributed by atoms with Crippen LogP contribution in [0.15, 0.2) is 48.5 Å². The van der Waals surface area contributed by atoms with E-state index in [1.807, 2.05) is 0 Å². The molecule has 2 rings (SSSR count). The molecule has 0 fully saturated rings. The Morgan fingerprint density at radius 1 is 0.956 bits per heavy atom. The lowest BCUT2D eigenvalue weighted by Crippen LogP contribution is -2.52. The van der Waals surface area contributed by atoms with E-state index in [1.165, 1.54) is 4.90 Å². The van der Waals surface area contributed by atoms with Gasteiger partial charge in [-0.25, -0.2) is 4.79 Å². The number of nitrogens with zero attached hydrogens (tertiary/aromatic N) is 1. The van der Waals surface area contributed by atoms with Crippen LogP contribution in [0.5, 0.6) is 5.75 Å². The Morgan fingerprint density at radius 3 is 2.13 bits per heavy atom. The molecule has 4 N–H and O–H groups in total. The Bertz CT molecular complexity index is 1300. The third-order valence-electron chi connectivity index (χ3n) is 7.01. The summed E-state index contributed by atoms with van der Waals surface area (Å²) in [6.07, 6.45) is 10.3. The van der Waals surface area contributed by atoms with Crippen LogP contribution in [0, 0.1) is 12.3 Å². The minimum absolute atomic E-state index is 0.0662. The fourth-order valence-electron chi connectivity index (χ4n) is 4.74. The number of ether oxygens (including phenoxy) is 2. The molecule has 0 aromatic heterocycles. The number of terminal acetylenes is 1. The highest BCUT2D eigenvalue weighted by molar-refractivity contribution is 5.99. The summed E-state index contributed by atoms with van der Waals surface area (Å²) in [5.41, 5.74) is 6.26. The topological polar surface area (TPSA) is 140 Å². The molecule has 0 aliphatic carbocycles. The maximum Gasteiger partial charge on any atom is 0.408 e. The molecule has 0 aliphatic heterocycles. The van der Waals surface area contributed by atoms with Gasteiger partial charge in [0.25, 0.3) is 5.91 Å². The number of primary amides is 1. The van der Waals surface area contributed by atoms with E-state index in [9.17, 15) is 19.2 Å².